The van der Waals surface area contributed by atoms with E-state index in [1.807, 2.05) is 6.20 Å². The number of hydrogen-bond acceptors (Lipinski definition) is 2. The molecule has 5 nitrogen and oxygen atoms in total. The Morgan fingerprint density at radius 2 is 0.930 bits per heavy atom. The molecule has 8 aromatic carbocycles. The zero-order chi connectivity index (χ0) is 37.2. The first-order valence-electron chi connectivity index (χ1n) is 19.4. The molecule has 0 spiro atoms. The van der Waals surface area contributed by atoms with E-state index in [4.69, 9.17) is 9.97 Å². The van der Waals surface area contributed by atoms with Crippen molar-refractivity contribution in [3.8, 4) is 22.5 Å². The Morgan fingerprint density at radius 3 is 1.74 bits per heavy atom. The van der Waals surface area contributed by atoms with E-state index in [2.05, 4.69) is 196 Å². The predicted octanol–water partition coefficient (Wildman–Crippen LogP) is 13.2. The molecular weight excluding hydrogens is 695 g/mol. The van der Waals surface area contributed by atoms with E-state index < -0.39 is 0 Å². The maximum Gasteiger partial charge on any atom is 0.146 e. The smallest absolute Gasteiger partial charge is 0.146 e. The lowest BCUT2D eigenvalue weighted by atomic mass is 10.00. The summed E-state index contributed by atoms with van der Waals surface area (Å²) in [7, 11) is 0. The van der Waals surface area contributed by atoms with E-state index in [1.165, 1.54) is 60.0 Å². The molecule has 0 fully saturated rings. The first-order valence-corrected chi connectivity index (χ1v) is 19.4. The van der Waals surface area contributed by atoms with Crippen LogP contribution in [-0.4, -0.2) is 23.5 Å². The summed E-state index contributed by atoms with van der Waals surface area (Å²) in [5, 5.41) is 9.61. The number of benzene rings is 8. The number of para-hydroxylation sites is 6. The third-order valence-corrected chi connectivity index (χ3v) is 12.0. The summed E-state index contributed by atoms with van der Waals surface area (Å²) in [6.45, 7) is 0. The fourth-order valence-corrected chi connectivity index (χ4v) is 9.55. The molecule has 5 heteroatoms. The van der Waals surface area contributed by atoms with Crippen LogP contribution < -0.4 is 0 Å². The van der Waals surface area contributed by atoms with Crippen LogP contribution in [0, 0.1) is 0 Å². The highest BCUT2D eigenvalue weighted by atomic mass is 15.0. The number of fused-ring (bicyclic) bond motifs is 16. The first-order chi connectivity index (χ1) is 28.3. The van der Waals surface area contributed by atoms with Crippen molar-refractivity contribution >= 4 is 92.9 Å². The summed E-state index contributed by atoms with van der Waals surface area (Å²) < 4.78 is 7.08. The summed E-state index contributed by atoms with van der Waals surface area (Å²) in [4.78, 5) is 10.0. The van der Waals surface area contributed by atoms with Crippen molar-refractivity contribution in [1.82, 2.24) is 23.5 Å². The van der Waals surface area contributed by atoms with Gasteiger partial charge in [0, 0.05) is 49.1 Å². The highest BCUT2D eigenvalue weighted by Crippen LogP contribution is 2.41. The SMILES string of the molecule is c1ccc(-n2c3ccc(-c4ccc5c(c4)c4ccccc4n5-c4ccc5c(c4)c4ccccc4n4c6ccccc6nc54)cc3c3c4ccccc4ncc32)cc1. The number of rotatable bonds is 3. The van der Waals surface area contributed by atoms with Crippen molar-refractivity contribution in [1.29, 1.82) is 0 Å². The molecule has 0 saturated heterocycles. The molecule has 0 amide bonds. The van der Waals surface area contributed by atoms with Crippen molar-refractivity contribution < 1.29 is 0 Å². The van der Waals surface area contributed by atoms with E-state index in [0.29, 0.717) is 0 Å². The van der Waals surface area contributed by atoms with Gasteiger partial charge < -0.3 is 9.13 Å². The minimum atomic E-state index is 0.983. The molecule has 13 rings (SSSR count). The molecule has 0 unspecified atom stereocenters. The predicted molar refractivity (Wildman–Crippen MR) is 237 cm³/mol. The standard InChI is InChI=1S/C52H31N5/c1-2-12-34(13-3-1)55-48-27-23-33(29-42(48)51-39-16-4-7-17-43(39)53-31-50(51)55)32-22-26-47-41(28-32)37-15-6-9-19-45(37)56(47)35-24-25-38-40(30-35)36-14-5-10-20-46(36)57-49-21-11-8-18-44(49)54-52(38)57/h1-31H. The lowest BCUT2D eigenvalue weighted by molar-refractivity contribution is 1.17. The number of aromatic nitrogens is 5. The van der Waals surface area contributed by atoms with Crippen LogP contribution in [0.4, 0.5) is 0 Å². The zero-order valence-corrected chi connectivity index (χ0v) is 30.6. The summed E-state index contributed by atoms with van der Waals surface area (Å²) in [5.74, 6) is 0. The van der Waals surface area contributed by atoms with Crippen LogP contribution in [-0.2, 0) is 0 Å². The summed E-state index contributed by atoms with van der Waals surface area (Å²) in [6, 6.07) is 65.7. The average Bonchev–Trinajstić information content (AvgIpc) is 3.94. The second-order valence-electron chi connectivity index (χ2n) is 15.0. The molecule has 0 saturated carbocycles. The fourth-order valence-electron chi connectivity index (χ4n) is 9.55. The Hall–Kier alpha value is -7.76. The van der Waals surface area contributed by atoms with Crippen LogP contribution in [0.3, 0.4) is 0 Å². The van der Waals surface area contributed by atoms with E-state index in [0.717, 1.165) is 55.4 Å². The van der Waals surface area contributed by atoms with Gasteiger partial charge in [-0.3, -0.25) is 9.38 Å². The lowest BCUT2D eigenvalue weighted by Gasteiger charge is -2.13. The monoisotopic (exact) mass is 725 g/mol. The molecule has 0 aliphatic carbocycles. The van der Waals surface area contributed by atoms with Crippen molar-refractivity contribution in [3.05, 3.63) is 188 Å². The van der Waals surface area contributed by atoms with Gasteiger partial charge >= 0.3 is 0 Å². The van der Waals surface area contributed by atoms with Gasteiger partial charge in [0.1, 0.15) is 5.65 Å². The molecule has 0 N–H and O–H groups in total. The van der Waals surface area contributed by atoms with Gasteiger partial charge in [-0.2, -0.15) is 0 Å². The van der Waals surface area contributed by atoms with Gasteiger partial charge in [-0.1, -0.05) is 97.1 Å². The molecular formula is C52H31N5. The molecule has 264 valence electrons. The minimum absolute atomic E-state index is 0.983. The largest absolute Gasteiger partial charge is 0.309 e. The van der Waals surface area contributed by atoms with Crippen molar-refractivity contribution in [2.24, 2.45) is 0 Å². The van der Waals surface area contributed by atoms with E-state index in [1.54, 1.807) is 0 Å². The van der Waals surface area contributed by atoms with Gasteiger partial charge in [0.2, 0.25) is 0 Å². The van der Waals surface area contributed by atoms with Gasteiger partial charge in [0.05, 0.1) is 50.3 Å². The van der Waals surface area contributed by atoms with Crippen molar-refractivity contribution in [2.45, 2.75) is 0 Å². The molecule has 5 aromatic heterocycles. The molecule has 13 aromatic rings. The summed E-state index contributed by atoms with van der Waals surface area (Å²) >= 11 is 0. The fraction of sp³-hybridized carbons (Fsp3) is 0. The Labute approximate surface area is 325 Å². The molecule has 57 heavy (non-hydrogen) atoms. The summed E-state index contributed by atoms with van der Waals surface area (Å²) in [6.07, 6.45) is 2.03. The van der Waals surface area contributed by atoms with Gasteiger partial charge in [-0.15, -0.1) is 0 Å². The third kappa shape index (κ3) is 4.23. The maximum atomic E-state index is 5.14. The van der Waals surface area contributed by atoms with Crippen LogP contribution >= 0.6 is 0 Å². The van der Waals surface area contributed by atoms with Crippen LogP contribution in [0.25, 0.3) is 115 Å². The highest BCUT2D eigenvalue weighted by molar-refractivity contribution is 6.21. The second kappa shape index (κ2) is 11.4. The number of nitrogens with zero attached hydrogens (tertiary/aromatic N) is 5. The van der Waals surface area contributed by atoms with Gasteiger partial charge in [-0.05, 0) is 101 Å². The molecule has 0 aliphatic heterocycles. The van der Waals surface area contributed by atoms with Crippen molar-refractivity contribution in [3.63, 3.8) is 0 Å². The Kier molecular flexibility index (Phi) is 6.10. The first kappa shape index (κ1) is 30.6. The molecule has 5 heterocycles. The lowest BCUT2D eigenvalue weighted by Crippen LogP contribution is -1.96. The van der Waals surface area contributed by atoms with Gasteiger partial charge in [0.25, 0.3) is 0 Å². The maximum absolute atomic E-state index is 5.14. The quantitative estimate of drug-likeness (QED) is 0.170. The molecule has 0 atom stereocenters. The second-order valence-corrected chi connectivity index (χ2v) is 15.0. The highest BCUT2D eigenvalue weighted by Gasteiger charge is 2.19. The minimum Gasteiger partial charge on any atom is -0.309 e. The van der Waals surface area contributed by atoms with Crippen molar-refractivity contribution in [2.75, 3.05) is 0 Å². The Morgan fingerprint density at radius 1 is 0.333 bits per heavy atom. The molecule has 0 radical (unpaired) electrons. The third-order valence-electron chi connectivity index (χ3n) is 12.0. The summed E-state index contributed by atoms with van der Waals surface area (Å²) in [5.41, 5.74) is 14.5. The topological polar surface area (TPSA) is 40.0 Å². The zero-order valence-electron chi connectivity index (χ0n) is 30.6. The Balaban J connectivity index is 1.03. The molecule has 0 bridgehead atoms. The van der Waals surface area contributed by atoms with Gasteiger partial charge in [-0.25, -0.2) is 4.98 Å². The van der Waals surface area contributed by atoms with E-state index in [9.17, 15) is 0 Å². The van der Waals surface area contributed by atoms with Gasteiger partial charge in [0.15, 0.2) is 0 Å². The van der Waals surface area contributed by atoms with E-state index in [-0.39, 0.29) is 0 Å². The van der Waals surface area contributed by atoms with Crippen LogP contribution in [0.2, 0.25) is 0 Å². The van der Waals surface area contributed by atoms with Crippen LogP contribution in [0.5, 0.6) is 0 Å². The Bertz CT molecular complexity index is 3810. The number of imidazole rings is 1. The van der Waals surface area contributed by atoms with Crippen LogP contribution in [0.15, 0.2) is 188 Å². The average molecular weight is 726 g/mol. The normalized spacial score (nSPS) is 12.2. The van der Waals surface area contributed by atoms with Crippen LogP contribution in [0.1, 0.15) is 0 Å². The molecule has 0 aliphatic rings. The van der Waals surface area contributed by atoms with E-state index >= 15 is 0 Å². The number of pyridine rings is 2. The number of hydrogen-bond donors (Lipinski definition) is 0.